The van der Waals surface area contributed by atoms with Gasteiger partial charge in [-0.05, 0) is 48.9 Å². The fraction of sp³-hybridized carbons (Fsp3) is 0.125. The number of rotatable bonds is 7. The van der Waals surface area contributed by atoms with Gasteiger partial charge in [-0.1, -0.05) is 53.6 Å². The number of hydrogen-bond acceptors (Lipinski definition) is 5. The Hall–Kier alpha value is -3.27. The number of benzene rings is 3. The number of halogens is 1. The highest BCUT2D eigenvalue weighted by Crippen LogP contribution is 2.34. The van der Waals surface area contributed by atoms with Crippen molar-refractivity contribution < 1.29 is 17.9 Å². The molecule has 0 radical (unpaired) electrons. The van der Waals surface area contributed by atoms with Crippen LogP contribution in [0.2, 0.25) is 5.02 Å². The summed E-state index contributed by atoms with van der Waals surface area (Å²) >= 11 is 5.85. The van der Waals surface area contributed by atoms with Crippen molar-refractivity contribution in [2.24, 2.45) is 0 Å². The third-order valence-electron chi connectivity index (χ3n) is 4.51. The van der Waals surface area contributed by atoms with Gasteiger partial charge in [-0.2, -0.15) is 5.26 Å². The Morgan fingerprint density at radius 2 is 1.81 bits per heavy atom. The highest BCUT2D eigenvalue weighted by Gasteiger charge is 2.22. The molecule has 3 rings (SSSR count). The van der Waals surface area contributed by atoms with Crippen molar-refractivity contribution in [3.05, 3.63) is 93.3 Å². The standard InChI is InChI=1S/C24H20ClNO4S/c1-17-5-3-6-18(13-17)16-30-24-19(7-4-8-23(24)29-2)14-22(15-26)31(27,28)21-11-9-20(25)10-12-21/h3-14H,16H2,1-2H3. The number of nitriles is 1. The first-order valence-corrected chi connectivity index (χ1v) is 11.2. The summed E-state index contributed by atoms with van der Waals surface area (Å²) in [6, 6.07) is 20.4. The van der Waals surface area contributed by atoms with Crippen molar-refractivity contribution in [1.82, 2.24) is 0 Å². The summed E-state index contributed by atoms with van der Waals surface area (Å²) in [7, 11) is -2.53. The van der Waals surface area contributed by atoms with Crippen LogP contribution in [0.25, 0.3) is 6.08 Å². The molecule has 31 heavy (non-hydrogen) atoms. The Labute approximate surface area is 187 Å². The van der Waals surface area contributed by atoms with Gasteiger partial charge in [0.15, 0.2) is 11.5 Å². The zero-order valence-corrected chi connectivity index (χ0v) is 18.6. The Balaban J connectivity index is 2.01. The second kappa shape index (κ2) is 9.69. The van der Waals surface area contributed by atoms with E-state index in [1.165, 1.54) is 37.5 Å². The molecule has 0 saturated heterocycles. The molecule has 0 bridgehead atoms. The van der Waals surface area contributed by atoms with Gasteiger partial charge in [-0.3, -0.25) is 0 Å². The van der Waals surface area contributed by atoms with Crippen molar-refractivity contribution in [2.75, 3.05) is 7.11 Å². The Bertz CT molecular complexity index is 1260. The molecule has 0 atom stereocenters. The molecule has 3 aromatic carbocycles. The van der Waals surface area contributed by atoms with Gasteiger partial charge in [0.05, 0.1) is 12.0 Å². The van der Waals surface area contributed by atoms with E-state index in [2.05, 4.69) is 0 Å². The maximum absolute atomic E-state index is 13.0. The van der Waals surface area contributed by atoms with Crippen molar-refractivity contribution in [1.29, 1.82) is 5.26 Å². The van der Waals surface area contributed by atoms with Crippen molar-refractivity contribution in [2.45, 2.75) is 18.4 Å². The molecule has 0 fully saturated rings. The fourth-order valence-electron chi connectivity index (χ4n) is 2.97. The molecule has 0 aliphatic carbocycles. The summed E-state index contributed by atoms with van der Waals surface area (Å²) in [5.74, 6) is 0.785. The predicted octanol–water partition coefficient (Wildman–Crippen LogP) is 5.57. The smallest absolute Gasteiger partial charge is 0.216 e. The molecule has 0 heterocycles. The van der Waals surface area contributed by atoms with E-state index in [-0.39, 0.29) is 11.5 Å². The predicted molar refractivity (Wildman–Crippen MR) is 121 cm³/mol. The lowest BCUT2D eigenvalue weighted by Crippen LogP contribution is -2.04. The third kappa shape index (κ3) is 5.26. The second-order valence-corrected chi connectivity index (χ2v) is 9.09. The van der Waals surface area contributed by atoms with E-state index < -0.39 is 14.7 Å². The number of para-hydroxylation sites is 1. The van der Waals surface area contributed by atoms with E-state index >= 15 is 0 Å². The van der Waals surface area contributed by atoms with Crippen molar-refractivity contribution in [3.63, 3.8) is 0 Å². The molecular formula is C24H20ClNO4S. The van der Waals surface area contributed by atoms with E-state index in [1.807, 2.05) is 31.2 Å². The van der Waals surface area contributed by atoms with Gasteiger partial charge in [0.1, 0.15) is 17.6 Å². The lowest BCUT2D eigenvalue weighted by atomic mass is 10.1. The minimum absolute atomic E-state index is 0.0187. The minimum atomic E-state index is -4.03. The van der Waals surface area contributed by atoms with Gasteiger partial charge in [0.25, 0.3) is 0 Å². The van der Waals surface area contributed by atoms with Crippen LogP contribution in [-0.2, 0) is 16.4 Å². The molecule has 0 aromatic heterocycles. The van der Waals surface area contributed by atoms with Crippen molar-refractivity contribution >= 4 is 27.5 Å². The molecule has 0 aliphatic rings. The van der Waals surface area contributed by atoms with E-state index in [9.17, 15) is 13.7 Å². The first kappa shape index (κ1) is 22.4. The topological polar surface area (TPSA) is 76.4 Å². The minimum Gasteiger partial charge on any atom is -0.493 e. The van der Waals surface area contributed by atoms with Gasteiger partial charge in [-0.15, -0.1) is 0 Å². The lowest BCUT2D eigenvalue weighted by molar-refractivity contribution is 0.284. The van der Waals surface area contributed by atoms with Crippen LogP contribution in [0.4, 0.5) is 0 Å². The maximum Gasteiger partial charge on any atom is 0.216 e. The van der Waals surface area contributed by atoms with Crippen LogP contribution in [0.15, 0.2) is 76.5 Å². The van der Waals surface area contributed by atoms with E-state index in [0.717, 1.165) is 11.1 Å². The van der Waals surface area contributed by atoms with Gasteiger partial charge in [0, 0.05) is 10.6 Å². The van der Waals surface area contributed by atoms with Gasteiger partial charge in [-0.25, -0.2) is 8.42 Å². The zero-order chi connectivity index (χ0) is 22.4. The molecule has 5 nitrogen and oxygen atoms in total. The van der Waals surface area contributed by atoms with Crippen LogP contribution in [-0.4, -0.2) is 15.5 Å². The summed E-state index contributed by atoms with van der Waals surface area (Å²) in [6.07, 6.45) is 1.29. The molecule has 3 aromatic rings. The number of allylic oxidation sites excluding steroid dienone is 1. The van der Waals surface area contributed by atoms with Crippen LogP contribution in [0.5, 0.6) is 11.5 Å². The largest absolute Gasteiger partial charge is 0.493 e. The van der Waals surface area contributed by atoms with Crippen LogP contribution in [0.1, 0.15) is 16.7 Å². The molecule has 0 aliphatic heterocycles. The summed E-state index contributed by atoms with van der Waals surface area (Å²) in [6.45, 7) is 2.25. The molecule has 0 saturated carbocycles. The quantitative estimate of drug-likeness (QED) is 0.437. The summed E-state index contributed by atoms with van der Waals surface area (Å²) in [4.78, 5) is -0.432. The molecule has 0 amide bonds. The average Bonchev–Trinajstić information content (AvgIpc) is 2.76. The van der Waals surface area contributed by atoms with Gasteiger partial charge >= 0.3 is 0 Å². The normalized spacial score (nSPS) is 11.6. The molecule has 7 heteroatoms. The van der Waals surface area contributed by atoms with E-state index in [0.29, 0.717) is 22.1 Å². The Morgan fingerprint density at radius 3 is 2.45 bits per heavy atom. The number of hydrogen-bond donors (Lipinski definition) is 0. The maximum atomic E-state index is 13.0. The molecule has 0 unspecified atom stereocenters. The number of aryl methyl sites for hydroxylation is 1. The average molecular weight is 454 g/mol. The highest BCUT2D eigenvalue weighted by atomic mass is 35.5. The summed E-state index contributed by atoms with van der Waals surface area (Å²) in [5.41, 5.74) is 2.47. The summed E-state index contributed by atoms with van der Waals surface area (Å²) < 4.78 is 37.3. The molecule has 0 spiro atoms. The first-order chi connectivity index (χ1) is 14.8. The van der Waals surface area contributed by atoms with Crippen LogP contribution < -0.4 is 9.47 Å². The van der Waals surface area contributed by atoms with Gasteiger partial charge in [0.2, 0.25) is 9.84 Å². The summed E-state index contributed by atoms with van der Waals surface area (Å²) in [5, 5.41) is 10.0. The molecule has 158 valence electrons. The van der Waals surface area contributed by atoms with Crippen molar-refractivity contribution in [3.8, 4) is 17.6 Å². The zero-order valence-electron chi connectivity index (χ0n) is 17.0. The van der Waals surface area contributed by atoms with Gasteiger partial charge < -0.3 is 9.47 Å². The monoisotopic (exact) mass is 453 g/mol. The molecular weight excluding hydrogens is 434 g/mol. The first-order valence-electron chi connectivity index (χ1n) is 9.33. The lowest BCUT2D eigenvalue weighted by Gasteiger charge is -2.14. The number of nitrogens with zero attached hydrogens (tertiary/aromatic N) is 1. The Kier molecular flexibility index (Phi) is 7.01. The second-order valence-electron chi connectivity index (χ2n) is 6.73. The van der Waals surface area contributed by atoms with E-state index in [1.54, 1.807) is 24.3 Å². The Morgan fingerprint density at radius 1 is 1.10 bits per heavy atom. The highest BCUT2D eigenvalue weighted by molar-refractivity contribution is 7.95. The number of ether oxygens (including phenoxy) is 2. The van der Waals surface area contributed by atoms with Crippen LogP contribution >= 0.6 is 11.6 Å². The number of sulfone groups is 1. The van der Waals surface area contributed by atoms with E-state index in [4.69, 9.17) is 21.1 Å². The SMILES string of the molecule is COc1cccc(C=C(C#N)S(=O)(=O)c2ccc(Cl)cc2)c1OCc1cccc(C)c1. The third-order valence-corrected chi connectivity index (χ3v) is 6.44. The molecule has 0 N–H and O–H groups in total. The van der Waals surface area contributed by atoms with Crippen LogP contribution in [0.3, 0.4) is 0 Å². The fourth-order valence-corrected chi connectivity index (χ4v) is 4.25. The van der Waals surface area contributed by atoms with Crippen LogP contribution in [0, 0.1) is 18.3 Å². The number of methoxy groups -OCH3 is 1.